The fourth-order valence-electron chi connectivity index (χ4n) is 4.83. The first kappa shape index (κ1) is 8.28. The van der Waals surface area contributed by atoms with Gasteiger partial charge in [-0.25, -0.2) is 0 Å². The topological polar surface area (TPSA) is 20.2 Å². The molecule has 6 unspecified atom stereocenters. The van der Waals surface area contributed by atoms with Crippen molar-refractivity contribution in [1.82, 2.24) is 0 Å². The predicted molar refractivity (Wildman–Crippen MR) is 52.2 cm³/mol. The highest BCUT2D eigenvalue weighted by atomic mass is 16.3. The maximum Gasteiger partial charge on any atom is 0.0462 e. The molecule has 0 aromatic rings. The highest BCUT2D eigenvalue weighted by Gasteiger charge is 2.55. The van der Waals surface area contributed by atoms with Crippen LogP contribution in [0.1, 0.15) is 32.6 Å². The summed E-state index contributed by atoms with van der Waals surface area (Å²) in [5.74, 6) is 5.62. The summed E-state index contributed by atoms with van der Waals surface area (Å²) < 4.78 is 0. The average Bonchev–Trinajstić information content (AvgIpc) is 2.71. The Morgan fingerprint density at radius 2 is 2.00 bits per heavy atom. The molecule has 74 valence electrons. The Morgan fingerprint density at radius 3 is 2.77 bits per heavy atom. The summed E-state index contributed by atoms with van der Waals surface area (Å²) in [6.07, 6.45) is 5.68. The summed E-state index contributed by atoms with van der Waals surface area (Å²) in [6.45, 7) is 2.89. The van der Waals surface area contributed by atoms with Gasteiger partial charge in [0.2, 0.25) is 0 Å². The van der Waals surface area contributed by atoms with Crippen LogP contribution in [0, 0.1) is 35.5 Å². The van der Waals surface area contributed by atoms with E-state index in [1.165, 1.54) is 25.7 Å². The maximum absolute atomic E-state index is 9.31. The van der Waals surface area contributed by atoms with Crippen LogP contribution in [0.25, 0.3) is 0 Å². The summed E-state index contributed by atoms with van der Waals surface area (Å²) in [5.41, 5.74) is 0. The fraction of sp³-hybridized carbons (Fsp3) is 1.00. The monoisotopic (exact) mass is 180 g/mol. The van der Waals surface area contributed by atoms with Crippen LogP contribution in [0.4, 0.5) is 0 Å². The largest absolute Gasteiger partial charge is 0.396 e. The van der Waals surface area contributed by atoms with Crippen molar-refractivity contribution < 1.29 is 5.11 Å². The molecule has 6 atom stereocenters. The predicted octanol–water partition coefficient (Wildman–Crippen LogP) is 2.30. The molecule has 3 saturated carbocycles. The van der Waals surface area contributed by atoms with E-state index in [-0.39, 0.29) is 0 Å². The third-order valence-electron chi connectivity index (χ3n) is 5.22. The minimum Gasteiger partial charge on any atom is -0.396 e. The van der Waals surface area contributed by atoms with Gasteiger partial charge in [-0.1, -0.05) is 6.92 Å². The Bertz CT molecular complexity index is 213. The molecule has 0 aromatic carbocycles. The number of aliphatic hydroxyl groups is 1. The molecule has 3 aliphatic rings. The van der Waals surface area contributed by atoms with Gasteiger partial charge in [0.05, 0.1) is 0 Å². The van der Waals surface area contributed by atoms with Gasteiger partial charge in [-0.05, 0) is 61.2 Å². The van der Waals surface area contributed by atoms with Gasteiger partial charge in [0.1, 0.15) is 0 Å². The van der Waals surface area contributed by atoms with E-state index < -0.39 is 0 Å². The number of hydrogen-bond donors (Lipinski definition) is 1. The Morgan fingerprint density at radius 1 is 1.15 bits per heavy atom. The zero-order valence-corrected chi connectivity index (χ0v) is 8.45. The molecule has 3 fully saturated rings. The van der Waals surface area contributed by atoms with Gasteiger partial charge in [-0.2, -0.15) is 0 Å². The molecule has 0 heterocycles. The molecule has 0 saturated heterocycles. The van der Waals surface area contributed by atoms with Gasteiger partial charge < -0.3 is 5.11 Å². The van der Waals surface area contributed by atoms with Crippen LogP contribution in [-0.2, 0) is 0 Å². The van der Waals surface area contributed by atoms with Crippen LogP contribution in [0.2, 0.25) is 0 Å². The standard InChI is InChI=1S/C12H20O/c1-7-4-9-5-11(7)10-3-2-8(6-13)12(9)10/h7-13H,2-6H2,1H3. The van der Waals surface area contributed by atoms with Gasteiger partial charge >= 0.3 is 0 Å². The second kappa shape index (κ2) is 2.73. The van der Waals surface area contributed by atoms with E-state index in [0.717, 1.165) is 29.6 Å². The highest BCUT2D eigenvalue weighted by Crippen LogP contribution is 2.62. The SMILES string of the molecule is CC1CC2CC1C1CCC(CO)C21. The van der Waals surface area contributed by atoms with E-state index in [2.05, 4.69) is 6.92 Å². The van der Waals surface area contributed by atoms with Gasteiger partial charge in [0, 0.05) is 6.61 Å². The van der Waals surface area contributed by atoms with Crippen molar-refractivity contribution >= 4 is 0 Å². The van der Waals surface area contributed by atoms with E-state index >= 15 is 0 Å². The molecule has 0 aliphatic heterocycles. The van der Waals surface area contributed by atoms with Crippen LogP contribution >= 0.6 is 0 Å². The minimum atomic E-state index is 0.457. The molecule has 1 nitrogen and oxygen atoms in total. The molecule has 2 bridgehead atoms. The molecule has 0 amide bonds. The second-order valence-corrected chi connectivity index (χ2v) is 5.63. The van der Waals surface area contributed by atoms with Crippen LogP contribution in [-0.4, -0.2) is 11.7 Å². The summed E-state index contributed by atoms with van der Waals surface area (Å²) in [7, 11) is 0. The van der Waals surface area contributed by atoms with E-state index in [0.29, 0.717) is 12.5 Å². The van der Waals surface area contributed by atoms with Crippen LogP contribution in [0.3, 0.4) is 0 Å². The Hall–Kier alpha value is -0.0400. The third-order valence-corrected chi connectivity index (χ3v) is 5.22. The molecular formula is C12H20O. The van der Waals surface area contributed by atoms with Crippen LogP contribution in [0.15, 0.2) is 0 Å². The smallest absolute Gasteiger partial charge is 0.0462 e. The van der Waals surface area contributed by atoms with Crippen molar-refractivity contribution in [2.45, 2.75) is 32.6 Å². The van der Waals surface area contributed by atoms with Gasteiger partial charge in [0.15, 0.2) is 0 Å². The van der Waals surface area contributed by atoms with Crippen molar-refractivity contribution in [3.63, 3.8) is 0 Å². The molecule has 0 aromatic heterocycles. The highest BCUT2D eigenvalue weighted by molar-refractivity contribution is 5.04. The van der Waals surface area contributed by atoms with Crippen molar-refractivity contribution in [2.24, 2.45) is 35.5 Å². The van der Waals surface area contributed by atoms with Gasteiger partial charge in [-0.15, -0.1) is 0 Å². The number of fused-ring (bicyclic) bond motifs is 5. The Kier molecular flexibility index (Phi) is 1.74. The lowest BCUT2D eigenvalue weighted by molar-refractivity contribution is 0.124. The summed E-state index contributed by atoms with van der Waals surface area (Å²) in [6, 6.07) is 0. The lowest BCUT2D eigenvalue weighted by Crippen LogP contribution is -2.27. The fourth-order valence-corrected chi connectivity index (χ4v) is 4.83. The van der Waals surface area contributed by atoms with Crippen molar-refractivity contribution in [3.8, 4) is 0 Å². The zero-order valence-electron chi connectivity index (χ0n) is 8.45. The Balaban J connectivity index is 1.84. The van der Waals surface area contributed by atoms with Crippen molar-refractivity contribution in [1.29, 1.82) is 0 Å². The zero-order chi connectivity index (χ0) is 9.00. The maximum atomic E-state index is 9.31. The number of aliphatic hydroxyl groups excluding tert-OH is 1. The van der Waals surface area contributed by atoms with Crippen LogP contribution < -0.4 is 0 Å². The molecule has 3 rings (SSSR count). The number of rotatable bonds is 1. The average molecular weight is 180 g/mol. The molecular weight excluding hydrogens is 160 g/mol. The van der Waals surface area contributed by atoms with E-state index in [1.807, 2.05) is 0 Å². The van der Waals surface area contributed by atoms with Crippen molar-refractivity contribution in [3.05, 3.63) is 0 Å². The second-order valence-electron chi connectivity index (χ2n) is 5.63. The van der Waals surface area contributed by atoms with Crippen molar-refractivity contribution in [2.75, 3.05) is 6.61 Å². The first-order valence-corrected chi connectivity index (χ1v) is 5.92. The van der Waals surface area contributed by atoms with E-state index in [9.17, 15) is 5.11 Å². The molecule has 0 radical (unpaired) electrons. The minimum absolute atomic E-state index is 0.457. The number of hydrogen-bond acceptors (Lipinski definition) is 1. The lowest BCUT2D eigenvalue weighted by atomic mass is 9.74. The van der Waals surface area contributed by atoms with Gasteiger partial charge in [0.25, 0.3) is 0 Å². The molecule has 13 heavy (non-hydrogen) atoms. The van der Waals surface area contributed by atoms with Crippen LogP contribution in [0.5, 0.6) is 0 Å². The molecule has 1 heteroatoms. The van der Waals surface area contributed by atoms with E-state index in [4.69, 9.17) is 0 Å². The third kappa shape index (κ3) is 0.971. The quantitative estimate of drug-likeness (QED) is 0.656. The summed E-state index contributed by atoms with van der Waals surface area (Å²) in [5, 5.41) is 9.31. The van der Waals surface area contributed by atoms with Gasteiger partial charge in [-0.3, -0.25) is 0 Å². The first-order chi connectivity index (χ1) is 6.31. The summed E-state index contributed by atoms with van der Waals surface area (Å²) >= 11 is 0. The summed E-state index contributed by atoms with van der Waals surface area (Å²) in [4.78, 5) is 0. The Labute approximate surface area is 80.5 Å². The van der Waals surface area contributed by atoms with E-state index in [1.54, 1.807) is 0 Å². The first-order valence-electron chi connectivity index (χ1n) is 5.92. The molecule has 3 aliphatic carbocycles. The normalized spacial score (nSPS) is 58.6. The lowest BCUT2D eigenvalue weighted by Gasteiger charge is -2.31. The molecule has 0 spiro atoms. The molecule has 1 N–H and O–H groups in total.